The van der Waals surface area contributed by atoms with Crippen molar-refractivity contribution in [1.29, 1.82) is 0 Å². The molecule has 158 valence electrons. The fourth-order valence-corrected chi connectivity index (χ4v) is 3.55. The molecular formula is C24H38O4. The van der Waals surface area contributed by atoms with Gasteiger partial charge in [-0.1, -0.05) is 41.9 Å². The standard InChI is InChI=1S/C24H38O4/c1-16(2)10-8-11-17(3)12-9-13-18(4)14-15-20-19(5)21(25)23(27-6)24(28-7)22(20)26/h10,12,14,19-20,22,26H,8-9,11,13,15H2,1-7H3/b17-12+,18-14+/t19-,20-,22-/m1/s1. The zero-order valence-corrected chi connectivity index (χ0v) is 18.7. The van der Waals surface area contributed by atoms with E-state index in [0.29, 0.717) is 6.42 Å². The second-order valence-electron chi connectivity index (χ2n) is 8.06. The van der Waals surface area contributed by atoms with Crippen LogP contribution in [0.1, 0.15) is 66.7 Å². The third-order valence-corrected chi connectivity index (χ3v) is 5.46. The molecule has 0 saturated heterocycles. The van der Waals surface area contributed by atoms with E-state index in [1.807, 2.05) is 6.92 Å². The van der Waals surface area contributed by atoms with Crippen molar-refractivity contribution in [2.24, 2.45) is 11.8 Å². The van der Waals surface area contributed by atoms with Crippen LogP contribution in [-0.4, -0.2) is 31.2 Å². The maximum absolute atomic E-state index is 12.5. The van der Waals surface area contributed by atoms with Crippen molar-refractivity contribution in [2.45, 2.75) is 72.8 Å². The summed E-state index contributed by atoms with van der Waals surface area (Å²) < 4.78 is 10.4. The van der Waals surface area contributed by atoms with Crippen molar-refractivity contribution >= 4 is 5.78 Å². The molecule has 0 aliphatic heterocycles. The first-order chi connectivity index (χ1) is 13.2. The summed E-state index contributed by atoms with van der Waals surface area (Å²) in [5.41, 5.74) is 4.07. The van der Waals surface area contributed by atoms with Crippen molar-refractivity contribution in [2.75, 3.05) is 14.2 Å². The average molecular weight is 391 g/mol. The van der Waals surface area contributed by atoms with Crippen LogP contribution in [0.2, 0.25) is 0 Å². The Morgan fingerprint density at radius 3 is 2.07 bits per heavy atom. The van der Waals surface area contributed by atoms with E-state index < -0.39 is 6.10 Å². The summed E-state index contributed by atoms with van der Waals surface area (Å²) in [5.74, 6) is -0.205. The van der Waals surface area contributed by atoms with Crippen molar-refractivity contribution in [3.63, 3.8) is 0 Å². The summed E-state index contributed by atoms with van der Waals surface area (Å²) in [6.07, 6.45) is 10.8. The summed E-state index contributed by atoms with van der Waals surface area (Å²) in [4.78, 5) is 12.5. The number of aliphatic hydroxyl groups excluding tert-OH is 1. The van der Waals surface area contributed by atoms with Gasteiger partial charge in [0.2, 0.25) is 11.5 Å². The summed E-state index contributed by atoms with van der Waals surface area (Å²) in [5, 5.41) is 10.6. The molecule has 28 heavy (non-hydrogen) atoms. The lowest BCUT2D eigenvalue weighted by Gasteiger charge is -2.33. The molecule has 0 heterocycles. The van der Waals surface area contributed by atoms with Crippen LogP contribution in [0.25, 0.3) is 0 Å². The lowest BCUT2D eigenvalue weighted by molar-refractivity contribution is -0.128. The number of methoxy groups -OCH3 is 2. The summed E-state index contributed by atoms with van der Waals surface area (Å²) in [6, 6.07) is 0. The molecule has 0 aromatic carbocycles. The quantitative estimate of drug-likeness (QED) is 0.501. The fourth-order valence-electron chi connectivity index (χ4n) is 3.55. The molecule has 0 spiro atoms. The Hall–Kier alpha value is -1.81. The second kappa shape index (κ2) is 11.9. The molecule has 0 aromatic rings. The summed E-state index contributed by atoms with van der Waals surface area (Å²) >= 11 is 0. The second-order valence-corrected chi connectivity index (χ2v) is 8.06. The number of ketones is 1. The maximum Gasteiger partial charge on any atom is 0.204 e. The van der Waals surface area contributed by atoms with Crippen molar-refractivity contribution in [3.8, 4) is 0 Å². The molecule has 0 amide bonds. The molecule has 1 rings (SSSR count). The van der Waals surface area contributed by atoms with Gasteiger partial charge in [0, 0.05) is 11.8 Å². The monoisotopic (exact) mass is 390 g/mol. The van der Waals surface area contributed by atoms with Gasteiger partial charge in [0.05, 0.1) is 14.2 Å². The van der Waals surface area contributed by atoms with Crippen LogP contribution in [0.5, 0.6) is 0 Å². The number of hydrogen-bond acceptors (Lipinski definition) is 4. The van der Waals surface area contributed by atoms with Crippen LogP contribution in [0.15, 0.2) is 46.5 Å². The van der Waals surface area contributed by atoms with Gasteiger partial charge in [0.1, 0.15) is 6.10 Å². The van der Waals surface area contributed by atoms with Crippen LogP contribution >= 0.6 is 0 Å². The average Bonchev–Trinajstić information content (AvgIpc) is 2.64. The molecule has 1 aliphatic rings. The van der Waals surface area contributed by atoms with E-state index in [0.717, 1.165) is 25.7 Å². The Balaban J connectivity index is 2.64. The van der Waals surface area contributed by atoms with Crippen LogP contribution in [-0.2, 0) is 14.3 Å². The Morgan fingerprint density at radius 2 is 1.54 bits per heavy atom. The molecule has 3 atom stereocenters. The highest BCUT2D eigenvalue weighted by Gasteiger charge is 2.42. The minimum atomic E-state index is -0.825. The van der Waals surface area contributed by atoms with E-state index in [1.165, 1.54) is 30.9 Å². The molecule has 1 N–H and O–H groups in total. The Bertz CT molecular complexity index is 648. The highest BCUT2D eigenvalue weighted by molar-refractivity contribution is 5.97. The Labute approximate surface area is 171 Å². The number of rotatable bonds is 10. The maximum atomic E-state index is 12.5. The number of carbonyl (C=O) groups excluding carboxylic acids is 1. The Morgan fingerprint density at radius 1 is 0.964 bits per heavy atom. The van der Waals surface area contributed by atoms with Gasteiger partial charge < -0.3 is 14.6 Å². The molecular weight excluding hydrogens is 352 g/mol. The first kappa shape index (κ1) is 24.2. The zero-order chi connectivity index (χ0) is 21.3. The lowest BCUT2D eigenvalue weighted by atomic mass is 9.77. The van der Waals surface area contributed by atoms with E-state index in [4.69, 9.17) is 9.47 Å². The summed E-state index contributed by atoms with van der Waals surface area (Å²) in [6.45, 7) is 10.4. The van der Waals surface area contributed by atoms with Gasteiger partial charge in [-0.25, -0.2) is 0 Å². The third kappa shape index (κ3) is 6.97. The molecule has 0 aromatic heterocycles. The van der Waals surface area contributed by atoms with E-state index in [2.05, 4.69) is 45.9 Å². The normalized spacial score (nSPS) is 23.7. The molecule has 0 saturated carbocycles. The van der Waals surface area contributed by atoms with Gasteiger partial charge in [-0.3, -0.25) is 4.79 Å². The molecule has 4 nitrogen and oxygen atoms in total. The number of aliphatic hydroxyl groups is 1. The van der Waals surface area contributed by atoms with E-state index in [9.17, 15) is 9.90 Å². The zero-order valence-electron chi connectivity index (χ0n) is 18.7. The number of ether oxygens (including phenoxy) is 2. The molecule has 4 heteroatoms. The van der Waals surface area contributed by atoms with Gasteiger partial charge in [0.25, 0.3) is 0 Å². The third-order valence-electron chi connectivity index (χ3n) is 5.46. The first-order valence-electron chi connectivity index (χ1n) is 10.2. The van der Waals surface area contributed by atoms with Gasteiger partial charge >= 0.3 is 0 Å². The fraction of sp³-hybridized carbons (Fsp3) is 0.625. The van der Waals surface area contributed by atoms with E-state index >= 15 is 0 Å². The van der Waals surface area contributed by atoms with Crippen molar-refractivity contribution in [3.05, 3.63) is 46.5 Å². The molecule has 1 aliphatic carbocycles. The number of Topliss-reactive ketones (excluding diaryl/α,β-unsaturated/α-hetero) is 1. The molecule has 0 unspecified atom stereocenters. The highest BCUT2D eigenvalue weighted by Crippen LogP contribution is 2.35. The van der Waals surface area contributed by atoms with Crippen molar-refractivity contribution < 1.29 is 19.4 Å². The first-order valence-corrected chi connectivity index (χ1v) is 10.2. The van der Waals surface area contributed by atoms with Crippen LogP contribution in [0.3, 0.4) is 0 Å². The predicted octanol–water partition coefficient (Wildman–Crippen LogP) is 5.50. The minimum Gasteiger partial charge on any atom is -0.494 e. The van der Waals surface area contributed by atoms with Crippen LogP contribution in [0, 0.1) is 11.8 Å². The highest BCUT2D eigenvalue weighted by atomic mass is 16.5. The van der Waals surface area contributed by atoms with Crippen LogP contribution in [0.4, 0.5) is 0 Å². The molecule has 0 bridgehead atoms. The predicted molar refractivity (Wildman–Crippen MR) is 115 cm³/mol. The molecule has 0 radical (unpaired) electrons. The smallest absolute Gasteiger partial charge is 0.204 e. The lowest BCUT2D eigenvalue weighted by Crippen LogP contribution is -2.40. The van der Waals surface area contributed by atoms with Gasteiger partial charge in [-0.15, -0.1) is 0 Å². The van der Waals surface area contributed by atoms with Gasteiger partial charge in [0.15, 0.2) is 5.76 Å². The van der Waals surface area contributed by atoms with Gasteiger partial charge in [-0.2, -0.15) is 0 Å². The molecule has 0 fully saturated rings. The minimum absolute atomic E-state index is 0.101. The Kier molecular flexibility index (Phi) is 10.3. The number of carbonyl (C=O) groups is 1. The number of allylic oxidation sites excluding steroid dienone is 7. The SMILES string of the molecule is COC1=C(OC)[C@H](O)[C@H](C/C=C(\C)CC/C=C(\C)CCC=C(C)C)[C@@H](C)C1=O. The van der Waals surface area contributed by atoms with Gasteiger partial charge in [-0.05, 0) is 59.8 Å². The van der Waals surface area contributed by atoms with E-state index in [1.54, 1.807) is 0 Å². The van der Waals surface area contributed by atoms with Crippen molar-refractivity contribution in [1.82, 2.24) is 0 Å². The topological polar surface area (TPSA) is 55.8 Å². The van der Waals surface area contributed by atoms with E-state index in [-0.39, 0.29) is 29.1 Å². The van der Waals surface area contributed by atoms with Crippen LogP contribution < -0.4 is 0 Å². The largest absolute Gasteiger partial charge is 0.494 e. The summed E-state index contributed by atoms with van der Waals surface area (Å²) in [7, 11) is 2.90. The number of hydrogen-bond donors (Lipinski definition) is 1.